The van der Waals surface area contributed by atoms with Crippen LogP contribution < -0.4 is 0 Å². The van der Waals surface area contributed by atoms with E-state index < -0.39 is 0 Å². The normalized spacial score (nSPS) is 34.2. The quantitative estimate of drug-likeness (QED) is 0.756. The van der Waals surface area contributed by atoms with Crippen LogP contribution in [0.2, 0.25) is 0 Å². The lowest BCUT2D eigenvalue weighted by Crippen LogP contribution is -2.52. The summed E-state index contributed by atoms with van der Waals surface area (Å²) < 4.78 is 0. The number of nitrogens with zero attached hydrogens (tertiary/aromatic N) is 4. The third-order valence-corrected chi connectivity index (χ3v) is 7.55. The van der Waals surface area contributed by atoms with Gasteiger partial charge in [-0.3, -0.25) is 9.80 Å². The molecule has 0 bridgehead atoms. The van der Waals surface area contributed by atoms with Gasteiger partial charge >= 0.3 is 0 Å². The van der Waals surface area contributed by atoms with E-state index in [1.54, 1.807) is 0 Å². The molecule has 0 aromatic heterocycles. The maximum Gasteiger partial charge on any atom is 0.0226 e. The summed E-state index contributed by atoms with van der Waals surface area (Å²) in [7, 11) is 0. The van der Waals surface area contributed by atoms with Gasteiger partial charge in [0, 0.05) is 57.4 Å². The zero-order valence-electron chi connectivity index (χ0n) is 16.7. The Morgan fingerprint density at radius 2 is 1.40 bits per heavy atom. The predicted molar refractivity (Wildman–Crippen MR) is 105 cm³/mol. The Bertz CT molecular complexity index is 410. The van der Waals surface area contributed by atoms with Crippen LogP contribution in [0.25, 0.3) is 0 Å². The Kier molecular flexibility index (Phi) is 6.01. The fourth-order valence-electron chi connectivity index (χ4n) is 5.87. The van der Waals surface area contributed by atoms with Crippen molar-refractivity contribution < 1.29 is 0 Å². The first kappa shape index (κ1) is 18.2. The van der Waals surface area contributed by atoms with E-state index in [-0.39, 0.29) is 0 Å². The molecule has 4 fully saturated rings. The summed E-state index contributed by atoms with van der Waals surface area (Å²) in [5.41, 5.74) is 0. The lowest BCUT2D eigenvalue weighted by Gasteiger charge is -2.40. The molecule has 4 rings (SSSR count). The molecule has 4 heterocycles. The van der Waals surface area contributed by atoms with Gasteiger partial charge in [0.2, 0.25) is 0 Å². The van der Waals surface area contributed by atoms with Crippen LogP contribution in [0.5, 0.6) is 0 Å². The molecule has 4 nitrogen and oxygen atoms in total. The number of likely N-dealkylation sites (tertiary alicyclic amines) is 1. The van der Waals surface area contributed by atoms with E-state index in [1.807, 2.05) is 0 Å². The number of hydrogen-bond acceptors (Lipinski definition) is 4. The highest BCUT2D eigenvalue weighted by Crippen LogP contribution is 2.32. The number of piperazine rings is 1. The Labute approximate surface area is 155 Å². The summed E-state index contributed by atoms with van der Waals surface area (Å²) >= 11 is 0. The first-order valence-electron chi connectivity index (χ1n) is 11.1. The molecule has 0 N–H and O–H groups in total. The summed E-state index contributed by atoms with van der Waals surface area (Å²) in [6.07, 6.45) is 8.68. The van der Waals surface area contributed by atoms with Gasteiger partial charge in [-0.25, -0.2) is 0 Å². The Hall–Kier alpha value is -0.160. The molecule has 4 heteroatoms. The second-order valence-corrected chi connectivity index (χ2v) is 9.44. The molecule has 0 radical (unpaired) electrons. The summed E-state index contributed by atoms with van der Waals surface area (Å²) in [6.45, 7) is 16.6. The molecular weight excluding hydrogens is 308 g/mol. The highest BCUT2D eigenvalue weighted by Gasteiger charge is 2.37. The molecule has 4 aliphatic rings. The number of rotatable bonds is 5. The van der Waals surface area contributed by atoms with Crippen LogP contribution in [0.15, 0.2) is 0 Å². The Balaban J connectivity index is 1.15. The number of piperidine rings is 1. The number of fused-ring (bicyclic) bond motifs is 1. The van der Waals surface area contributed by atoms with Crippen molar-refractivity contribution in [3.05, 3.63) is 0 Å². The minimum Gasteiger partial charge on any atom is -0.301 e. The second kappa shape index (κ2) is 8.24. The Morgan fingerprint density at radius 1 is 0.720 bits per heavy atom. The summed E-state index contributed by atoms with van der Waals surface area (Å²) in [4.78, 5) is 11.0. The van der Waals surface area contributed by atoms with Crippen molar-refractivity contribution in [2.45, 2.75) is 70.5 Å². The predicted octanol–water partition coefficient (Wildman–Crippen LogP) is 2.35. The lowest BCUT2D eigenvalue weighted by atomic mass is 9.95. The third kappa shape index (κ3) is 4.40. The van der Waals surface area contributed by atoms with Gasteiger partial charge in [-0.15, -0.1) is 0 Å². The van der Waals surface area contributed by atoms with E-state index in [9.17, 15) is 0 Å². The molecule has 4 aliphatic heterocycles. The minimum atomic E-state index is 0.732. The molecule has 0 aromatic carbocycles. The van der Waals surface area contributed by atoms with Crippen LogP contribution in [0.1, 0.15) is 52.4 Å². The third-order valence-electron chi connectivity index (χ3n) is 7.55. The standard InChI is InChI=1S/C21H40N4/c1-18(2)24-10-7-19(8-11-24)16-22-12-14-23(15-13-22)17-21-6-5-20-4-3-9-25(20)21/h18-21H,3-17H2,1-2H3. The molecule has 0 amide bonds. The van der Waals surface area contributed by atoms with Crippen molar-refractivity contribution in [1.29, 1.82) is 0 Å². The zero-order valence-corrected chi connectivity index (χ0v) is 16.7. The molecule has 0 aromatic rings. The van der Waals surface area contributed by atoms with Gasteiger partial charge in [-0.2, -0.15) is 0 Å². The molecule has 144 valence electrons. The summed E-state index contributed by atoms with van der Waals surface area (Å²) in [5, 5.41) is 0. The van der Waals surface area contributed by atoms with Gasteiger partial charge in [-0.1, -0.05) is 0 Å². The van der Waals surface area contributed by atoms with Crippen LogP contribution >= 0.6 is 0 Å². The van der Waals surface area contributed by atoms with Crippen molar-refractivity contribution in [3.8, 4) is 0 Å². The molecule has 4 saturated heterocycles. The molecule has 25 heavy (non-hydrogen) atoms. The van der Waals surface area contributed by atoms with Crippen LogP contribution in [0.3, 0.4) is 0 Å². The van der Waals surface area contributed by atoms with Crippen molar-refractivity contribution in [3.63, 3.8) is 0 Å². The number of hydrogen-bond donors (Lipinski definition) is 0. The first-order chi connectivity index (χ1) is 12.2. The fraction of sp³-hybridized carbons (Fsp3) is 1.00. The van der Waals surface area contributed by atoms with Crippen LogP contribution in [0, 0.1) is 5.92 Å². The monoisotopic (exact) mass is 348 g/mol. The fourth-order valence-corrected chi connectivity index (χ4v) is 5.87. The highest BCUT2D eigenvalue weighted by atomic mass is 15.3. The molecule has 0 aliphatic carbocycles. The van der Waals surface area contributed by atoms with E-state index in [1.165, 1.54) is 97.4 Å². The molecule has 2 unspecified atom stereocenters. The molecule has 0 spiro atoms. The van der Waals surface area contributed by atoms with E-state index >= 15 is 0 Å². The van der Waals surface area contributed by atoms with E-state index in [2.05, 4.69) is 33.4 Å². The zero-order chi connectivity index (χ0) is 17.2. The van der Waals surface area contributed by atoms with E-state index in [0.29, 0.717) is 0 Å². The van der Waals surface area contributed by atoms with Crippen LogP contribution in [-0.4, -0.2) is 96.6 Å². The SMILES string of the molecule is CC(C)N1CCC(CN2CCN(CC3CCC4CCCN43)CC2)CC1. The maximum absolute atomic E-state index is 2.84. The van der Waals surface area contributed by atoms with Gasteiger partial charge < -0.3 is 9.80 Å². The second-order valence-electron chi connectivity index (χ2n) is 9.44. The molecule has 0 saturated carbocycles. The average Bonchev–Trinajstić information content (AvgIpc) is 3.22. The van der Waals surface area contributed by atoms with Crippen LogP contribution in [0.4, 0.5) is 0 Å². The smallest absolute Gasteiger partial charge is 0.0226 e. The maximum atomic E-state index is 2.84. The van der Waals surface area contributed by atoms with Crippen LogP contribution in [-0.2, 0) is 0 Å². The topological polar surface area (TPSA) is 13.0 Å². The van der Waals surface area contributed by atoms with Crippen molar-refractivity contribution >= 4 is 0 Å². The van der Waals surface area contributed by atoms with Crippen molar-refractivity contribution in [2.24, 2.45) is 5.92 Å². The van der Waals surface area contributed by atoms with Gasteiger partial charge in [0.1, 0.15) is 0 Å². The summed E-state index contributed by atoms with van der Waals surface area (Å²) in [6, 6.07) is 2.55. The average molecular weight is 349 g/mol. The van der Waals surface area contributed by atoms with Gasteiger partial charge in [0.05, 0.1) is 0 Å². The van der Waals surface area contributed by atoms with E-state index in [0.717, 1.165) is 24.0 Å². The first-order valence-corrected chi connectivity index (χ1v) is 11.1. The van der Waals surface area contributed by atoms with Gasteiger partial charge in [0.15, 0.2) is 0 Å². The van der Waals surface area contributed by atoms with E-state index in [4.69, 9.17) is 0 Å². The highest BCUT2D eigenvalue weighted by molar-refractivity contribution is 4.93. The molecular formula is C21H40N4. The largest absolute Gasteiger partial charge is 0.301 e. The van der Waals surface area contributed by atoms with Gasteiger partial charge in [0.25, 0.3) is 0 Å². The molecule has 2 atom stereocenters. The summed E-state index contributed by atoms with van der Waals surface area (Å²) in [5.74, 6) is 0.946. The van der Waals surface area contributed by atoms with Crippen molar-refractivity contribution in [2.75, 3.05) is 58.9 Å². The Morgan fingerprint density at radius 3 is 2.08 bits per heavy atom. The lowest BCUT2D eigenvalue weighted by molar-refractivity contribution is 0.0750. The minimum absolute atomic E-state index is 0.732. The van der Waals surface area contributed by atoms with Crippen molar-refractivity contribution in [1.82, 2.24) is 19.6 Å². The van der Waals surface area contributed by atoms with Gasteiger partial charge in [-0.05, 0) is 77.9 Å².